The highest BCUT2D eigenvalue weighted by Crippen LogP contribution is 2.22. The lowest BCUT2D eigenvalue weighted by Gasteiger charge is -2.18. The zero-order chi connectivity index (χ0) is 18.4. The first-order valence-corrected chi connectivity index (χ1v) is 9.00. The van der Waals surface area contributed by atoms with Crippen molar-refractivity contribution in [3.8, 4) is 5.75 Å². The number of amides is 1. The van der Waals surface area contributed by atoms with Gasteiger partial charge in [0, 0.05) is 43.5 Å². The van der Waals surface area contributed by atoms with Crippen molar-refractivity contribution in [2.24, 2.45) is 0 Å². The van der Waals surface area contributed by atoms with Crippen LogP contribution in [0.5, 0.6) is 5.75 Å². The van der Waals surface area contributed by atoms with Crippen molar-refractivity contribution in [2.75, 3.05) is 26.2 Å². The number of hydrogen-bond donors (Lipinski definition) is 1. The van der Waals surface area contributed by atoms with E-state index in [1.54, 1.807) is 16.7 Å². The van der Waals surface area contributed by atoms with E-state index in [1.807, 2.05) is 37.3 Å². The molecular weight excluding hydrogens is 330 g/mol. The van der Waals surface area contributed by atoms with Gasteiger partial charge in [0.1, 0.15) is 12.4 Å². The number of para-hydroxylation sites is 1. The highest BCUT2D eigenvalue weighted by molar-refractivity contribution is 5.78. The van der Waals surface area contributed by atoms with Crippen molar-refractivity contribution in [3.63, 3.8) is 0 Å². The molecule has 6 nitrogen and oxygen atoms in total. The Bertz CT molecular complexity index is 816. The third kappa shape index (κ3) is 4.73. The number of aryl methyl sites for hydroxylation is 1. The molecule has 0 unspecified atom stereocenters. The maximum atomic E-state index is 12.2. The van der Waals surface area contributed by atoms with E-state index in [0.717, 1.165) is 30.0 Å². The molecule has 1 N–H and O–H groups in total. The molecule has 0 atom stereocenters. The van der Waals surface area contributed by atoms with Crippen LogP contribution >= 0.6 is 0 Å². The summed E-state index contributed by atoms with van der Waals surface area (Å²) in [5.74, 6) is 0.903. The van der Waals surface area contributed by atoms with Crippen molar-refractivity contribution < 1.29 is 9.53 Å². The fourth-order valence-corrected chi connectivity index (χ4v) is 3.15. The second-order valence-corrected chi connectivity index (χ2v) is 6.53. The van der Waals surface area contributed by atoms with Crippen molar-refractivity contribution in [3.05, 3.63) is 64.1 Å². The highest BCUT2D eigenvalue weighted by atomic mass is 16.5. The van der Waals surface area contributed by atoms with E-state index in [9.17, 15) is 9.59 Å². The molecule has 1 aromatic carbocycles. The van der Waals surface area contributed by atoms with E-state index >= 15 is 0 Å². The van der Waals surface area contributed by atoms with Gasteiger partial charge in [-0.1, -0.05) is 24.3 Å². The Balaban J connectivity index is 1.44. The standard InChI is InChI=1S/C20H25N3O3/c1-16-6-4-9-20(25)23(16)11-5-10-21-19(24)15-22-12-13-26-18-8-3-2-7-17(18)14-22/h2-4,6-9H,5,10-15H2,1H3,(H,21,24). The molecule has 1 aromatic heterocycles. The number of carbonyl (C=O) groups excluding carboxylic acids is 1. The van der Waals surface area contributed by atoms with Crippen LogP contribution in [0, 0.1) is 6.92 Å². The molecule has 0 saturated heterocycles. The van der Waals surface area contributed by atoms with E-state index in [4.69, 9.17) is 4.74 Å². The Labute approximate surface area is 153 Å². The number of ether oxygens (including phenoxy) is 1. The lowest BCUT2D eigenvalue weighted by molar-refractivity contribution is -0.122. The summed E-state index contributed by atoms with van der Waals surface area (Å²) in [4.78, 5) is 26.1. The van der Waals surface area contributed by atoms with E-state index in [2.05, 4.69) is 10.2 Å². The number of hydrogen-bond acceptors (Lipinski definition) is 4. The van der Waals surface area contributed by atoms with Crippen LogP contribution in [0.1, 0.15) is 17.7 Å². The number of aromatic nitrogens is 1. The van der Waals surface area contributed by atoms with Gasteiger partial charge in [0.05, 0.1) is 6.54 Å². The van der Waals surface area contributed by atoms with Gasteiger partial charge in [0.25, 0.3) is 5.56 Å². The molecule has 2 aromatic rings. The highest BCUT2D eigenvalue weighted by Gasteiger charge is 2.17. The van der Waals surface area contributed by atoms with Crippen LogP contribution in [0.4, 0.5) is 0 Å². The summed E-state index contributed by atoms with van der Waals surface area (Å²) < 4.78 is 7.46. The summed E-state index contributed by atoms with van der Waals surface area (Å²) >= 11 is 0. The molecule has 1 aliphatic rings. The van der Waals surface area contributed by atoms with Crippen molar-refractivity contribution in [1.82, 2.24) is 14.8 Å². The Morgan fingerprint density at radius 1 is 1.19 bits per heavy atom. The van der Waals surface area contributed by atoms with Crippen molar-refractivity contribution in [1.29, 1.82) is 0 Å². The summed E-state index contributed by atoms with van der Waals surface area (Å²) in [5.41, 5.74) is 2.04. The quantitative estimate of drug-likeness (QED) is 0.799. The van der Waals surface area contributed by atoms with Gasteiger partial charge >= 0.3 is 0 Å². The number of carbonyl (C=O) groups is 1. The minimum atomic E-state index is -0.000409. The molecule has 1 amide bonds. The average Bonchev–Trinajstić information content (AvgIpc) is 2.82. The number of nitrogens with zero attached hydrogens (tertiary/aromatic N) is 2. The van der Waals surface area contributed by atoms with Gasteiger partial charge in [0.2, 0.25) is 5.91 Å². The molecule has 3 rings (SSSR count). The molecule has 6 heteroatoms. The Morgan fingerprint density at radius 2 is 2.04 bits per heavy atom. The summed E-state index contributed by atoms with van der Waals surface area (Å²) in [6, 6.07) is 13.2. The van der Waals surface area contributed by atoms with Gasteiger partial charge in [-0.05, 0) is 25.5 Å². The van der Waals surface area contributed by atoms with Gasteiger partial charge in [-0.25, -0.2) is 0 Å². The van der Waals surface area contributed by atoms with Crippen molar-refractivity contribution in [2.45, 2.75) is 26.4 Å². The maximum Gasteiger partial charge on any atom is 0.250 e. The first-order valence-electron chi connectivity index (χ1n) is 9.00. The van der Waals surface area contributed by atoms with E-state index < -0.39 is 0 Å². The molecule has 0 bridgehead atoms. The zero-order valence-corrected chi connectivity index (χ0v) is 15.1. The first kappa shape index (κ1) is 18.2. The topological polar surface area (TPSA) is 63.6 Å². The minimum absolute atomic E-state index is 0.000409. The van der Waals surface area contributed by atoms with Crippen LogP contribution in [-0.2, 0) is 17.9 Å². The van der Waals surface area contributed by atoms with Crippen LogP contribution in [0.25, 0.3) is 0 Å². The monoisotopic (exact) mass is 355 g/mol. The number of rotatable bonds is 6. The van der Waals surface area contributed by atoms with Crippen LogP contribution in [0.2, 0.25) is 0 Å². The second kappa shape index (κ2) is 8.67. The number of fused-ring (bicyclic) bond motifs is 1. The summed E-state index contributed by atoms with van der Waals surface area (Å²) in [6.07, 6.45) is 0.725. The Morgan fingerprint density at radius 3 is 2.88 bits per heavy atom. The van der Waals surface area contributed by atoms with Gasteiger partial charge in [0.15, 0.2) is 0 Å². The van der Waals surface area contributed by atoms with Gasteiger partial charge in [-0.3, -0.25) is 14.5 Å². The first-order chi connectivity index (χ1) is 12.6. The molecular formula is C20H25N3O3. The predicted octanol–water partition coefficient (Wildman–Crippen LogP) is 1.56. The normalized spacial score (nSPS) is 14.2. The van der Waals surface area contributed by atoms with Gasteiger partial charge < -0.3 is 14.6 Å². The fourth-order valence-electron chi connectivity index (χ4n) is 3.15. The summed E-state index contributed by atoms with van der Waals surface area (Å²) in [6.45, 7) is 5.45. The molecule has 0 fully saturated rings. The number of benzene rings is 1. The Hall–Kier alpha value is -2.60. The molecule has 2 heterocycles. The van der Waals surface area contributed by atoms with Crippen LogP contribution in [-0.4, -0.2) is 41.6 Å². The Kier molecular flexibility index (Phi) is 6.07. The van der Waals surface area contributed by atoms with Gasteiger partial charge in [-0.15, -0.1) is 0 Å². The molecule has 0 spiro atoms. The van der Waals surface area contributed by atoms with Gasteiger partial charge in [-0.2, -0.15) is 0 Å². The van der Waals surface area contributed by atoms with E-state index in [1.165, 1.54) is 0 Å². The number of pyridine rings is 1. The van der Waals surface area contributed by atoms with Crippen LogP contribution in [0.15, 0.2) is 47.3 Å². The van der Waals surface area contributed by atoms with E-state index in [0.29, 0.717) is 32.8 Å². The smallest absolute Gasteiger partial charge is 0.250 e. The van der Waals surface area contributed by atoms with E-state index in [-0.39, 0.29) is 11.5 Å². The van der Waals surface area contributed by atoms with Crippen LogP contribution < -0.4 is 15.6 Å². The lowest BCUT2D eigenvalue weighted by atomic mass is 10.2. The molecule has 0 aliphatic carbocycles. The van der Waals surface area contributed by atoms with Crippen molar-refractivity contribution >= 4 is 5.91 Å². The second-order valence-electron chi connectivity index (χ2n) is 6.53. The van der Waals surface area contributed by atoms with Crippen LogP contribution in [0.3, 0.4) is 0 Å². The molecule has 1 aliphatic heterocycles. The third-order valence-corrected chi connectivity index (χ3v) is 4.55. The lowest BCUT2D eigenvalue weighted by Crippen LogP contribution is -2.38. The zero-order valence-electron chi connectivity index (χ0n) is 15.1. The average molecular weight is 355 g/mol. The molecule has 138 valence electrons. The molecule has 0 saturated carbocycles. The summed E-state index contributed by atoms with van der Waals surface area (Å²) in [7, 11) is 0. The summed E-state index contributed by atoms with van der Waals surface area (Å²) in [5, 5.41) is 2.95. The largest absolute Gasteiger partial charge is 0.492 e. The molecule has 26 heavy (non-hydrogen) atoms. The third-order valence-electron chi connectivity index (χ3n) is 4.55. The number of nitrogens with one attached hydrogen (secondary N) is 1. The SMILES string of the molecule is Cc1cccc(=O)n1CCCNC(=O)CN1CCOc2ccccc2C1. The minimum Gasteiger partial charge on any atom is -0.492 e. The maximum absolute atomic E-state index is 12.2. The fraction of sp³-hybridized carbons (Fsp3) is 0.400. The predicted molar refractivity (Wildman–Crippen MR) is 100 cm³/mol. The molecule has 0 radical (unpaired) electrons.